The van der Waals surface area contributed by atoms with Crippen LogP contribution in [0, 0.1) is 11.3 Å². The van der Waals surface area contributed by atoms with Gasteiger partial charge in [0.1, 0.15) is 10.6 Å². The van der Waals surface area contributed by atoms with Gasteiger partial charge in [0.15, 0.2) is 0 Å². The first kappa shape index (κ1) is 24.5. The first-order valence-electron chi connectivity index (χ1n) is 11.5. The normalized spacial score (nSPS) is 18.5. The number of hydrogen-bond acceptors (Lipinski definition) is 6. The zero-order chi connectivity index (χ0) is 25.4. The number of nitrogens with zero attached hydrogens (tertiary/aromatic N) is 3. The van der Waals surface area contributed by atoms with Crippen LogP contribution in [0.5, 0.6) is 0 Å². The quantitative estimate of drug-likeness (QED) is 0.702. The van der Waals surface area contributed by atoms with E-state index >= 15 is 0 Å². The summed E-state index contributed by atoms with van der Waals surface area (Å²) in [4.78, 5) is 28.0. The number of rotatable bonds is 4. The van der Waals surface area contributed by atoms with Gasteiger partial charge in [0.2, 0.25) is 0 Å². The molecule has 1 fully saturated rings. The Morgan fingerprint density at radius 1 is 1.03 bits per heavy atom. The van der Waals surface area contributed by atoms with Gasteiger partial charge in [0.25, 0.3) is 21.8 Å². The Balaban J connectivity index is 1.55. The third-order valence-corrected chi connectivity index (χ3v) is 8.31. The van der Waals surface area contributed by atoms with Crippen LogP contribution in [-0.2, 0) is 14.8 Å². The third kappa shape index (κ3) is 4.66. The van der Waals surface area contributed by atoms with Gasteiger partial charge in [-0.25, -0.2) is 12.7 Å². The van der Waals surface area contributed by atoms with Crippen LogP contribution in [0.2, 0.25) is 0 Å². The molecule has 9 heteroatoms. The molecule has 1 saturated heterocycles. The maximum absolute atomic E-state index is 13.5. The Bertz CT molecular complexity index is 1310. The van der Waals surface area contributed by atoms with Crippen molar-refractivity contribution < 1.29 is 18.0 Å². The molecule has 0 atom stereocenters. The monoisotopic (exact) mass is 492 g/mol. The molecule has 2 aromatic rings. The van der Waals surface area contributed by atoms with E-state index in [1.807, 2.05) is 6.07 Å². The lowest BCUT2D eigenvalue weighted by Gasteiger charge is -2.33. The number of nitrogens with one attached hydrogen (secondary N) is 1. The van der Waals surface area contributed by atoms with Crippen molar-refractivity contribution in [2.45, 2.75) is 45.2 Å². The summed E-state index contributed by atoms with van der Waals surface area (Å²) < 4.78 is 27.9. The highest BCUT2D eigenvalue weighted by atomic mass is 32.2. The standard InChI is InChI=1S/C26H28N4O4S/c1-26(2,3)30-25(32)22(23(35(30,33)34)19-7-5-4-6-8-19)28-21-13-15-29(16-14-21)24(31)20-11-9-18(17-27)10-12-20/h4-12,21,28H,13-16H2,1-3H3. The molecule has 0 bridgehead atoms. The Hall–Kier alpha value is -3.64. The third-order valence-electron chi connectivity index (χ3n) is 6.16. The van der Waals surface area contributed by atoms with Crippen LogP contribution in [0.15, 0.2) is 60.3 Å². The van der Waals surface area contributed by atoms with Crippen LogP contribution in [-0.4, -0.2) is 54.1 Å². The zero-order valence-corrected chi connectivity index (χ0v) is 20.8. The molecule has 182 valence electrons. The van der Waals surface area contributed by atoms with Crippen molar-refractivity contribution in [1.82, 2.24) is 14.5 Å². The number of hydrogen-bond donors (Lipinski definition) is 1. The Labute approximate surface area is 205 Å². The molecule has 2 aromatic carbocycles. The van der Waals surface area contributed by atoms with E-state index in [0.29, 0.717) is 42.6 Å². The minimum Gasteiger partial charge on any atom is -0.377 e. The van der Waals surface area contributed by atoms with E-state index in [1.54, 1.807) is 80.3 Å². The van der Waals surface area contributed by atoms with E-state index in [-0.39, 0.29) is 22.6 Å². The average Bonchev–Trinajstić information content (AvgIpc) is 3.03. The van der Waals surface area contributed by atoms with Gasteiger partial charge in [0.05, 0.1) is 17.2 Å². The smallest absolute Gasteiger partial charge is 0.285 e. The molecule has 1 N–H and O–H groups in total. The van der Waals surface area contributed by atoms with Crippen LogP contribution < -0.4 is 5.32 Å². The lowest BCUT2D eigenvalue weighted by molar-refractivity contribution is -0.125. The maximum Gasteiger partial charge on any atom is 0.285 e. The lowest BCUT2D eigenvalue weighted by atomic mass is 10.0. The fourth-order valence-electron chi connectivity index (χ4n) is 4.50. The molecule has 2 aliphatic heterocycles. The van der Waals surface area contributed by atoms with E-state index in [4.69, 9.17) is 5.26 Å². The highest BCUT2D eigenvalue weighted by Crippen LogP contribution is 2.39. The topological polar surface area (TPSA) is 111 Å². The molecule has 2 aliphatic rings. The van der Waals surface area contributed by atoms with Gasteiger partial charge in [-0.1, -0.05) is 30.3 Å². The number of sulfonamides is 1. The molecule has 2 amide bonds. The van der Waals surface area contributed by atoms with Crippen molar-refractivity contribution in [3.05, 3.63) is 77.0 Å². The van der Waals surface area contributed by atoms with Crippen LogP contribution in [0.3, 0.4) is 0 Å². The Kier molecular flexibility index (Phi) is 6.43. The van der Waals surface area contributed by atoms with Gasteiger partial charge in [-0.05, 0) is 63.4 Å². The minimum atomic E-state index is -4.04. The largest absolute Gasteiger partial charge is 0.377 e. The lowest BCUT2D eigenvalue weighted by Crippen LogP contribution is -2.48. The summed E-state index contributed by atoms with van der Waals surface area (Å²) in [7, 11) is -4.04. The van der Waals surface area contributed by atoms with Crippen molar-refractivity contribution in [2.24, 2.45) is 0 Å². The molecule has 4 rings (SSSR count). The SMILES string of the molecule is CC(C)(C)N1C(=O)C(NC2CCN(C(=O)c3ccc(C#N)cc3)CC2)=C(c2ccccc2)S1(=O)=O. The first-order chi connectivity index (χ1) is 16.5. The summed E-state index contributed by atoms with van der Waals surface area (Å²) in [5.74, 6) is -0.678. The predicted molar refractivity (Wildman–Crippen MR) is 132 cm³/mol. The Morgan fingerprint density at radius 2 is 1.63 bits per heavy atom. The number of benzene rings is 2. The fraction of sp³-hybridized carbons (Fsp3) is 0.346. The molecule has 0 saturated carbocycles. The summed E-state index contributed by atoms with van der Waals surface area (Å²) >= 11 is 0. The van der Waals surface area contributed by atoms with Gasteiger partial charge in [0, 0.05) is 24.7 Å². The van der Waals surface area contributed by atoms with Crippen LogP contribution in [0.4, 0.5) is 0 Å². The van der Waals surface area contributed by atoms with Gasteiger partial charge in [-0.2, -0.15) is 5.26 Å². The second-order valence-corrected chi connectivity index (χ2v) is 11.4. The Morgan fingerprint density at radius 3 is 2.17 bits per heavy atom. The number of carbonyl (C=O) groups is 2. The minimum absolute atomic E-state index is 0.00545. The first-order valence-corrected chi connectivity index (χ1v) is 12.9. The van der Waals surface area contributed by atoms with Crippen molar-refractivity contribution in [1.29, 1.82) is 5.26 Å². The highest BCUT2D eigenvalue weighted by molar-refractivity contribution is 7.99. The average molecular weight is 493 g/mol. The molecule has 0 aromatic heterocycles. The van der Waals surface area contributed by atoms with Crippen molar-refractivity contribution in [3.8, 4) is 6.07 Å². The highest BCUT2D eigenvalue weighted by Gasteiger charge is 2.49. The fourth-order valence-corrected chi connectivity index (χ4v) is 6.56. The van der Waals surface area contributed by atoms with E-state index < -0.39 is 21.5 Å². The van der Waals surface area contributed by atoms with Gasteiger partial charge < -0.3 is 10.2 Å². The number of piperidine rings is 1. The van der Waals surface area contributed by atoms with E-state index in [0.717, 1.165) is 4.31 Å². The summed E-state index contributed by atoms with van der Waals surface area (Å²) in [6.07, 6.45) is 1.13. The second-order valence-electron chi connectivity index (χ2n) is 9.72. The van der Waals surface area contributed by atoms with Gasteiger partial charge in [-0.15, -0.1) is 0 Å². The van der Waals surface area contributed by atoms with E-state index in [9.17, 15) is 18.0 Å². The molecular weight excluding hydrogens is 464 g/mol. The van der Waals surface area contributed by atoms with Crippen molar-refractivity contribution in [3.63, 3.8) is 0 Å². The predicted octanol–water partition coefficient (Wildman–Crippen LogP) is 3.09. The maximum atomic E-state index is 13.5. The summed E-state index contributed by atoms with van der Waals surface area (Å²) in [6.45, 7) is 6.02. The molecule has 8 nitrogen and oxygen atoms in total. The summed E-state index contributed by atoms with van der Waals surface area (Å²) in [5.41, 5.74) is 0.636. The van der Waals surface area contributed by atoms with Crippen molar-refractivity contribution >= 4 is 26.7 Å². The molecule has 0 unspecified atom stereocenters. The van der Waals surface area contributed by atoms with Crippen LogP contribution >= 0.6 is 0 Å². The van der Waals surface area contributed by atoms with E-state index in [1.165, 1.54) is 0 Å². The van der Waals surface area contributed by atoms with Gasteiger partial charge >= 0.3 is 0 Å². The number of amides is 2. The zero-order valence-electron chi connectivity index (χ0n) is 20.0. The van der Waals surface area contributed by atoms with Crippen LogP contribution in [0.25, 0.3) is 4.91 Å². The van der Waals surface area contributed by atoms with Gasteiger partial charge in [-0.3, -0.25) is 9.59 Å². The second kappa shape index (κ2) is 9.19. The molecular formula is C26H28N4O4S. The van der Waals surface area contributed by atoms with Crippen LogP contribution in [0.1, 0.15) is 55.1 Å². The molecule has 0 spiro atoms. The molecule has 0 radical (unpaired) electrons. The molecule has 35 heavy (non-hydrogen) atoms. The number of carbonyl (C=O) groups excluding carboxylic acids is 2. The number of likely N-dealkylation sites (tertiary alicyclic amines) is 1. The summed E-state index contributed by atoms with van der Waals surface area (Å²) in [6, 6.07) is 17.1. The summed E-state index contributed by atoms with van der Waals surface area (Å²) in [5, 5.41) is 12.2. The molecule has 0 aliphatic carbocycles. The van der Waals surface area contributed by atoms with E-state index in [2.05, 4.69) is 5.32 Å². The molecule has 2 heterocycles. The van der Waals surface area contributed by atoms with Crippen molar-refractivity contribution in [2.75, 3.05) is 13.1 Å². The number of nitriles is 1.